The van der Waals surface area contributed by atoms with Gasteiger partial charge in [0, 0.05) is 6.42 Å². The van der Waals surface area contributed by atoms with Crippen LogP contribution in [0, 0.1) is 6.42 Å². The number of halogens is 4. The Hall–Kier alpha value is -1.00. The number of ether oxygens (including phenoxy) is 1. The molecule has 0 fully saturated rings. The molecule has 0 bridgehead atoms. The minimum absolute atomic E-state index is 0.229. The molecule has 0 saturated carbocycles. The highest BCUT2D eigenvalue weighted by Gasteiger charge is 2.44. The van der Waals surface area contributed by atoms with E-state index in [1.165, 1.54) is 18.6 Å². The second kappa shape index (κ2) is 3.81. The lowest BCUT2D eigenvalue weighted by atomic mass is 10.2. The van der Waals surface area contributed by atoms with Crippen LogP contribution < -0.4 is 0 Å². The van der Waals surface area contributed by atoms with Crippen molar-refractivity contribution in [2.24, 2.45) is 0 Å². The monoisotopic (exact) mass is 195 g/mol. The van der Waals surface area contributed by atoms with Crippen LogP contribution in [0.4, 0.5) is 17.6 Å². The highest BCUT2D eigenvalue weighted by molar-refractivity contribution is 5.21. The Morgan fingerprint density at radius 3 is 2.54 bits per heavy atom. The van der Waals surface area contributed by atoms with Crippen LogP contribution in [-0.2, 0) is 4.74 Å². The smallest absolute Gasteiger partial charge is 0.433 e. The van der Waals surface area contributed by atoms with Crippen molar-refractivity contribution >= 4 is 0 Å². The van der Waals surface area contributed by atoms with Crippen LogP contribution in [0.15, 0.2) is 24.0 Å². The van der Waals surface area contributed by atoms with Gasteiger partial charge in [-0.15, -0.1) is 0 Å². The molecule has 0 unspecified atom stereocenters. The molecule has 0 N–H and O–H groups in total. The number of hydrogen-bond acceptors (Lipinski definition) is 1. The van der Waals surface area contributed by atoms with Gasteiger partial charge in [-0.05, 0) is 12.5 Å². The summed E-state index contributed by atoms with van der Waals surface area (Å²) < 4.78 is 51.6. The summed E-state index contributed by atoms with van der Waals surface area (Å²) in [6, 6.07) is 0. The minimum Gasteiger partial charge on any atom is -0.433 e. The predicted molar refractivity (Wildman–Crippen MR) is 38.2 cm³/mol. The summed E-state index contributed by atoms with van der Waals surface area (Å²) in [7, 11) is 0. The van der Waals surface area contributed by atoms with Crippen LogP contribution in [0.25, 0.3) is 0 Å². The molecule has 1 nitrogen and oxygen atoms in total. The van der Waals surface area contributed by atoms with E-state index >= 15 is 0 Å². The summed E-state index contributed by atoms with van der Waals surface area (Å²) >= 11 is 0. The number of rotatable bonds is 3. The Morgan fingerprint density at radius 1 is 1.38 bits per heavy atom. The zero-order chi connectivity index (χ0) is 9.90. The molecule has 0 aromatic carbocycles. The maximum atomic E-state index is 12.3. The molecule has 0 spiro atoms. The van der Waals surface area contributed by atoms with Crippen molar-refractivity contribution in [3.05, 3.63) is 30.4 Å². The van der Waals surface area contributed by atoms with Crippen molar-refractivity contribution < 1.29 is 22.3 Å². The van der Waals surface area contributed by atoms with Gasteiger partial charge in [-0.2, -0.15) is 17.6 Å². The standard InChI is InChI=1S/C8H7F4O/c9-7(10)8(11,12)13-6-4-2-1-3-5-6/h1-2,4-5,7H,3H2. The molecule has 0 saturated heterocycles. The second-order valence-corrected chi connectivity index (χ2v) is 2.40. The van der Waals surface area contributed by atoms with Crippen LogP contribution in [0.2, 0.25) is 0 Å². The summed E-state index contributed by atoms with van der Waals surface area (Å²) in [6.45, 7) is 0. The third kappa shape index (κ3) is 2.75. The topological polar surface area (TPSA) is 9.23 Å². The van der Waals surface area contributed by atoms with Gasteiger partial charge in [0.25, 0.3) is 0 Å². The van der Waals surface area contributed by atoms with Gasteiger partial charge < -0.3 is 4.74 Å². The van der Waals surface area contributed by atoms with Crippen molar-refractivity contribution in [2.45, 2.75) is 19.0 Å². The van der Waals surface area contributed by atoms with E-state index in [9.17, 15) is 17.6 Å². The van der Waals surface area contributed by atoms with Crippen LogP contribution >= 0.6 is 0 Å². The van der Waals surface area contributed by atoms with Crippen molar-refractivity contribution in [3.63, 3.8) is 0 Å². The first-order valence-corrected chi connectivity index (χ1v) is 3.57. The van der Waals surface area contributed by atoms with E-state index in [1.54, 1.807) is 6.08 Å². The highest BCUT2D eigenvalue weighted by atomic mass is 19.3. The van der Waals surface area contributed by atoms with Gasteiger partial charge in [-0.3, -0.25) is 0 Å². The zero-order valence-electron chi connectivity index (χ0n) is 6.51. The Labute approximate surface area is 72.7 Å². The summed E-state index contributed by atoms with van der Waals surface area (Å²) in [5.41, 5.74) is 0. The van der Waals surface area contributed by atoms with Gasteiger partial charge in [0.05, 0.1) is 0 Å². The molecule has 13 heavy (non-hydrogen) atoms. The molecule has 0 atom stereocenters. The lowest BCUT2D eigenvalue weighted by Crippen LogP contribution is -2.30. The molecule has 1 aliphatic carbocycles. The Bertz CT molecular complexity index is 232. The van der Waals surface area contributed by atoms with Crippen LogP contribution in [0.1, 0.15) is 6.42 Å². The molecule has 73 valence electrons. The number of hydrogen-bond donors (Lipinski definition) is 0. The van der Waals surface area contributed by atoms with Crippen molar-refractivity contribution in [1.29, 1.82) is 0 Å². The first-order valence-electron chi connectivity index (χ1n) is 3.57. The molecular formula is C8H7F4O. The van der Waals surface area contributed by atoms with Gasteiger partial charge in [-0.1, -0.05) is 12.2 Å². The van der Waals surface area contributed by atoms with Crippen molar-refractivity contribution in [1.82, 2.24) is 0 Å². The fourth-order valence-corrected chi connectivity index (χ4v) is 0.771. The summed E-state index contributed by atoms with van der Waals surface area (Å²) in [5.74, 6) is -0.229. The largest absolute Gasteiger partial charge is 0.460 e. The lowest BCUT2D eigenvalue weighted by Gasteiger charge is -2.19. The summed E-state index contributed by atoms with van der Waals surface area (Å²) in [6.07, 6.45) is -2.15. The van der Waals surface area contributed by atoms with E-state index < -0.39 is 12.5 Å². The first-order chi connectivity index (χ1) is 6.02. The van der Waals surface area contributed by atoms with Gasteiger partial charge in [0.2, 0.25) is 0 Å². The van der Waals surface area contributed by atoms with E-state index in [4.69, 9.17) is 0 Å². The van der Waals surface area contributed by atoms with E-state index in [1.807, 2.05) is 0 Å². The Morgan fingerprint density at radius 2 is 2.08 bits per heavy atom. The number of alkyl halides is 4. The van der Waals surface area contributed by atoms with Gasteiger partial charge in [0.1, 0.15) is 5.76 Å². The Kier molecular flexibility index (Phi) is 2.95. The van der Waals surface area contributed by atoms with Crippen LogP contribution in [0.5, 0.6) is 0 Å². The zero-order valence-corrected chi connectivity index (χ0v) is 6.51. The quantitative estimate of drug-likeness (QED) is 0.629. The van der Waals surface area contributed by atoms with Crippen LogP contribution in [0.3, 0.4) is 0 Å². The normalized spacial score (nSPS) is 17.5. The van der Waals surface area contributed by atoms with E-state index in [2.05, 4.69) is 4.74 Å². The molecule has 1 rings (SSSR count). The van der Waals surface area contributed by atoms with Crippen molar-refractivity contribution in [3.8, 4) is 0 Å². The molecule has 1 radical (unpaired) electrons. The molecule has 0 aliphatic heterocycles. The maximum Gasteiger partial charge on any atom is 0.460 e. The predicted octanol–water partition coefficient (Wildman–Crippen LogP) is 2.91. The van der Waals surface area contributed by atoms with E-state index in [0.29, 0.717) is 6.42 Å². The number of allylic oxidation sites excluding steroid dienone is 4. The van der Waals surface area contributed by atoms with E-state index in [-0.39, 0.29) is 5.76 Å². The average molecular weight is 195 g/mol. The minimum atomic E-state index is -4.41. The molecule has 1 aliphatic rings. The maximum absolute atomic E-state index is 12.3. The SMILES string of the molecule is FC(F)C(F)(F)OC1=CC=CC[CH]1. The van der Waals surface area contributed by atoms with Gasteiger partial charge >= 0.3 is 12.5 Å². The van der Waals surface area contributed by atoms with Crippen molar-refractivity contribution in [2.75, 3.05) is 0 Å². The lowest BCUT2D eigenvalue weighted by molar-refractivity contribution is -0.280. The third-order valence-corrected chi connectivity index (χ3v) is 1.36. The molecular weight excluding hydrogens is 188 g/mol. The molecule has 0 heterocycles. The van der Waals surface area contributed by atoms with E-state index in [0.717, 1.165) is 0 Å². The Balaban J connectivity index is 2.57. The second-order valence-electron chi connectivity index (χ2n) is 2.40. The average Bonchev–Trinajstić information content (AvgIpc) is 2.05. The molecule has 0 aromatic heterocycles. The van der Waals surface area contributed by atoms with Crippen LogP contribution in [-0.4, -0.2) is 12.5 Å². The summed E-state index contributed by atoms with van der Waals surface area (Å²) in [5, 5.41) is 0. The molecule has 0 aromatic rings. The highest BCUT2D eigenvalue weighted by Crippen LogP contribution is 2.29. The summed E-state index contributed by atoms with van der Waals surface area (Å²) in [4.78, 5) is 0. The molecule has 5 heteroatoms. The first kappa shape index (κ1) is 10.1. The third-order valence-electron chi connectivity index (χ3n) is 1.36. The van der Waals surface area contributed by atoms with Gasteiger partial charge in [0.15, 0.2) is 0 Å². The van der Waals surface area contributed by atoms with Gasteiger partial charge in [-0.25, -0.2) is 0 Å². The fraction of sp³-hybridized carbons (Fsp3) is 0.375. The fourth-order valence-electron chi connectivity index (χ4n) is 0.771. The molecule has 0 amide bonds.